The van der Waals surface area contributed by atoms with Gasteiger partial charge in [-0.15, -0.1) is 0 Å². The summed E-state index contributed by atoms with van der Waals surface area (Å²) in [6, 6.07) is 2.82. The number of carboxylic acids is 1. The number of benzene rings is 1. The molecule has 98 valence electrons. The highest BCUT2D eigenvalue weighted by atomic mass is 19.2. The van der Waals surface area contributed by atoms with Crippen LogP contribution in [-0.2, 0) is 4.79 Å². The summed E-state index contributed by atoms with van der Waals surface area (Å²) in [5.74, 6) is -4.20. The molecule has 0 heterocycles. The molecule has 0 radical (unpaired) electrons. The van der Waals surface area contributed by atoms with Gasteiger partial charge in [0.2, 0.25) is 0 Å². The minimum Gasteiger partial charge on any atom is -0.481 e. The second-order valence-corrected chi connectivity index (χ2v) is 3.91. The predicted molar refractivity (Wildman–Crippen MR) is 60.1 cm³/mol. The maximum Gasteiger partial charge on any atom is 0.306 e. The average molecular weight is 257 g/mol. The molecule has 18 heavy (non-hydrogen) atoms. The zero-order valence-corrected chi connectivity index (χ0v) is 9.74. The second-order valence-electron chi connectivity index (χ2n) is 3.91. The van der Waals surface area contributed by atoms with E-state index >= 15 is 0 Å². The molecule has 0 aliphatic rings. The predicted octanol–water partition coefficient (Wildman–Crippen LogP) is 1.81. The molecule has 1 aromatic rings. The topological polar surface area (TPSA) is 66.4 Å². The Morgan fingerprint density at radius 3 is 2.56 bits per heavy atom. The Morgan fingerprint density at radius 2 is 2.00 bits per heavy atom. The van der Waals surface area contributed by atoms with E-state index in [1.54, 1.807) is 0 Å². The maximum atomic E-state index is 12.9. The zero-order valence-electron chi connectivity index (χ0n) is 9.74. The summed E-state index contributed by atoms with van der Waals surface area (Å²) in [5, 5.41) is 11.1. The van der Waals surface area contributed by atoms with Crippen LogP contribution in [0.1, 0.15) is 23.7 Å². The van der Waals surface area contributed by atoms with Crippen LogP contribution in [0.25, 0.3) is 0 Å². The molecule has 1 rings (SSSR count). The zero-order chi connectivity index (χ0) is 13.7. The third kappa shape index (κ3) is 3.80. The Morgan fingerprint density at radius 1 is 1.33 bits per heavy atom. The van der Waals surface area contributed by atoms with Crippen LogP contribution < -0.4 is 5.32 Å². The lowest BCUT2D eigenvalue weighted by Gasteiger charge is -2.08. The third-order valence-electron chi connectivity index (χ3n) is 2.47. The molecule has 1 aromatic carbocycles. The number of carboxylic acid groups (broad SMARTS) is 1. The molecule has 0 saturated carbocycles. The number of aliphatic carboxylic acids is 1. The lowest BCUT2D eigenvalue weighted by Crippen LogP contribution is -2.27. The molecule has 6 heteroatoms. The van der Waals surface area contributed by atoms with Crippen molar-refractivity contribution in [3.8, 4) is 0 Å². The van der Waals surface area contributed by atoms with Crippen LogP contribution in [0.5, 0.6) is 0 Å². The summed E-state index contributed by atoms with van der Waals surface area (Å²) < 4.78 is 25.5. The van der Waals surface area contributed by atoms with Crippen molar-refractivity contribution in [1.29, 1.82) is 0 Å². The molecule has 0 aromatic heterocycles. The Labute approximate surface area is 103 Å². The summed E-state index contributed by atoms with van der Waals surface area (Å²) in [7, 11) is 0. The highest BCUT2D eigenvalue weighted by molar-refractivity contribution is 5.94. The highest BCUT2D eigenvalue weighted by Crippen LogP contribution is 2.08. The summed E-state index contributed by atoms with van der Waals surface area (Å²) in [6.07, 6.45) is 0.269. The number of carbonyl (C=O) groups excluding carboxylic acids is 1. The van der Waals surface area contributed by atoms with E-state index in [4.69, 9.17) is 5.11 Å². The first-order valence-electron chi connectivity index (χ1n) is 5.38. The average Bonchev–Trinajstić information content (AvgIpc) is 2.32. The van der Waals surface area contributed by atoms with Crippen LogP contribution in [-0.4, -0.2) is 23.5 Å². The standard InChI is InChI=1S/C12H13F2NO3/c1-7(12(17)18)4-5-15-11(16)8-2-3-9(13)10(14)6-8/h2-3,6-7H,4-5H2,1H3,(H,15,16)(H,17,18). The van der Waals surface area contributed by atoms with Crippen LogP contribution in [0, 0.1) is 17.6 Å². The van der Waals surface area contributed by atoms with Gasteiger partial charge in [-0.1, -0.05) is 6.92 Å². The maximum absolute atomic E-state index is 12.9. The van der Waals surface area contributed by atoms with E-state index in [1.807, 2.05) is 0 Å². The molecule has 2 N–H and O–H groups in total. The van der Waals surface area contributed by atoms with Gasteiger partial charge in [0.1, 0.15) is 0 Å². The summed E-state index contributed by atoms with van der Waals surface area (Å²) >= 11 is 0. The van der Waals surface area contributed by atoms with Gasteiger partial charge in [0.25, 0.3) is 5.91 Å². The molecule has 0 bridgehead atoms. The van der Waals surface area contributed by atoms with Crippen LogP contribution in [0.3, 0.4) is 0 Å². The quantitative estimate of drug-likeness (QED) is 0.845. The van der Waals surface area contributed by atoms with E-state index < -0.39 is 29.4 Å². The molecule has 0 saturated heterocycles. The largest absolute Gasteiger partial charge is 0.481 e. The van der Waals surface area contributed by atoms with Gasteiger partial charge in [0, 0.05) is 12.1 Å². The molecule has 0 spiro atoms. The first kappa shape index (κ1) is 14.1. The Balaban J connectivity index is 2.50. The van der Waals surface area contributed by atoms with Crippen molar-refractivity contribution in [3.05, 3.63) is 35.4 Å². The molecular formula is C12H13F2NO3. The first-order valence-corrected chi connectivity index (χ1v) is 5.38. The van der Waals surface area contributed by atoms with Crippen LogP contribution >= 0.6 is 0 Å². The molecule has 1 unspecified atom stereocenters. The number of rotatable bonds is 5. The molecule has 0 aliphatic heterocycles. The van der Waals surface area contributed by atoms with Gasteiger partial charge in [-0.25, -0.2) is 8.78 Å². The normalized spacial score (nSPS) is 11.9. The molecule has 1 amide bonds. The van der Waals surface area contributed by atoms with E-state index in [2.05, 4.69) is 5.32 Å². The highest BCUT2D eigenvalue weighted by Gasteiger charge is 2.12. The van der Waals surface area contributed by atoms with E-state index in [-0.39, 0.29) is 18.5 Å². The van der Waals surface area contributed by atoms with Crippen LogP contribution in [0.2, 0.25) is 0 Å². The van der Waals surface area contributed by atoms with Crippen LogP contribution in [0.4, 0.5) is 8.78 Å². The molecule has 1 atom stereocenters. The van der Waals surface area contributed by atoms with Crippen molar-refractivity contribution < 1.29 is 23.5 Å². The summed E-state index contributed by atoms with van der Waals surface area (Å²) in [6.45, 7) is 1.68. The van der Waals surface area contributed by atoms with Crippen molar-refractivity contribution in [2.45, 2.75) is 13.3 Å². The molecule has 0 fully saturated rings. The van der Waals surface area contributed by atoms with E-state index in [0.29, 0.717) is 0 Å². The molecule has 4 nitrogen and oxygen atoms in total. The number of carbonyl (C=O) groups is 2. The summed E-state index contributed by atoms with van der Waals surface area (Å²) in [5.41, 5.74) is -0.00289. The number of nitrogens with one attached hydrogen (secondary N) is 1. The Bertz CT molecular complexity index is 463. The fourth-order valence-corrected chi connectivity index (χ4v) is 1.27. The number of hydrogen-bond acceptors (Lipinski definition) is 2. The fourth-order valence-electron chi connectivity index (χ4n) is 1.27. The van der Waals surface area contributed by atoms with E-state index in [1.165, 1.54) is 6.92 Å². The number of halogens is 2. The lowest BCUT2D eigenvalue weighted by atomic mass is 10.1. The second kappa shape index (κ2) is 6.09. The fraction of sp³-hybridized carbons (Fsp3) is 0.333. The SMILES string of the molecule is CC(CCNC(=O)c1ccc(F)c(F)c1)C(=O)O. The molecule has 0 aliphatic carbocycles. The van der Waals surface area contributed by atoms with E-state index in [9.17, 15) is 18.4 Å². The first-order chi connectivity index (χ1) is 8.41. The third-order valence-corrected chi connectivity index (χ3v) is 2.47. The monoisotopic (exact) mass is 257 g/mol. The van der Waals surface area contributed by atoms with Gasteiger partial charge in [0.05, 0.1) is 5.92 Å². The Hall–Kier alpha value is -1.98. The van der Waals surface area contributed by atoms with Crippen molar-refractivity contribution in [2.24, 2.45) is 5.92 Å². The lowest BCUT2D eigenvalue weighted by molar-refractivity contribution is -0.141. The van der Waals surface area contributed by atoms with Crippen molar-refractivity contribution in [1.82, 2.24) is 5.32 Å². The van der Waals surface area contributed by atoms with Gasteiger partial charge in [-0.2, -0.15) is 0 Å². The minimum atomic E-state index is -1.10. The van der Waals surface area contributed by atoms with Gasteiger partial charge < -0.3 is 10.4 Å². The number of amides is 1. The summed E-state index contributed by atoms with van der Waals surface area (Å²) in [4.78, 5) is 22.0. The van der Waals surface area contributed by atoms with Crippen molar-refractivity contribution in [2.75, 3.05) is 6.54 Å². The number of hydrogen-bond donors (Lipinski definition) is 2. The smallest absolute Gasteiger partial charge is 0.306 e. The van der Waals surface area contributed by atoms with Gasteiger partial charge in [-0.05, 0) is 24.6 Å². The van der Waals surface area contributed by atoms with Crippen LogP contribution in [0.15, 0.2) is 18.2 Å². The van der Waals surface area contributed by atoms with Gasteiger partial charge >= 0.3 is 5.97 Å². The van der Waals surface area contributed by atoms with Gasteiger partial charge in [0.15, 0.2) is 11.6 Å². The van der Waals surface area contributed by atoms with Crippen molar-refractivity contribution in [3.63, 3.8) is 0 Å². The Kier molecular flexibility index (Phi) is 4.76. The minimum absolute atomic E-state index is 0.00289. The van der Waals surface area contributed by atoms with E-state index in [0.717, 1.165) is 18.2 Å². The van der Waals surface area contributed by atoms with Gasteiger partial charge in [-0.3, -0.25) is 9.59 Å². The van der Waals surface area contributed by atoms with Crippen molar-refractivity contribution >= 4 is 11.9 Å². The molecular weight excluding hydrogens is 244 g/mol.